The molecule has 3 rings (SSSR count). The van der Waals surface area contributed by atoms with E-state index in [4.69, 9.17) is 4.74 Å². The molecule has 1 amide bonds. The van der Waals surface area contributed by atoms with Crippen LogP contribution in [-0.2, 0) is 13.0 Å². The Morgan fingerprint density at radius 1 is 1.30 bits per heavy atom. The molecule has 4 nitrogen and oxygen atoms in total. The Morgan fingerprint density at radius 3 is 2.65 bits per heavy atom. The van der Waals surface area contributed by atoms with Crippen molar-refractivity contribution < 1.29 is 14.6 Å². The van der Waals surface area contributed by atoms with Gasteiger partial charge in [0.25, 0.3) is 5.91 Å². The number of carbonyl (C=O) groups is 1. The summed E-state index contributed by atoms with van der Waals surface area (Å²) in [7, 11) is 1.64. The van der Waals surface area contributed by atoms with Gasteiger partial charge in [-0.3, -0.25) is 4.79 Å². The predicted octanol–water partition coefficient (Wildman–Crippen LogP) is 3.67. The Bertz CT molecular complexity index is 756. The molecule has 2 aromatic rings. The average molecular weight is 376 g/mol. The smallest absolute Gasteiger partial charge is 0.254 e. The summed E-state index contributed by atoms with van der Waals surface area (Å²) >= 11 is 3.37. The maximum Gasteiger partial charge on any atom is 0.254 e. The zero-order valence-electron chi connectivity index (χ0n) is 13.1. The van der Waals surface area contributed by atoms with Gasteiger partial charge < -0.3 is 14.7 Å². The van der Waals surface area contributed by atoms with Crippen molar-refractivity contribution >= 4 is 21.8 Å². The van der Waals surface area contributed by atoms with Gasteiger partial charge in [0.2, 0.25) is 0 Å². The van der Waals surface area contributed by atoms with E-state index in [1.54, 1.807) is 12.0 Å². The number of nitrogens with zero attached hydrogens (tertiary/aromatic N) is 1. The molecule has 0 atom stereocenters. The highest BCUT2D eigenvalue weighted by Gasteiger charge is 2.31. The third-order valence-corrected chi connectivity index (χ3v) is 5.22. The first kappa shape index (κ1) is 15.9. The lowest BCUT2D eigenvalue weighted by Crippen LogP contribution is -2.26. The van der Waals surface area contributed by atoms with Crippen molar-refractivity contribution in [3.63, 3.8) is 0 Å². The van der Waals surface area contributed by atoms with E-state index in [1.807, 2.05) is 37.3 Å². The Morgan fingerprint density at radius 2 is 2.00 bits per heavy atom. The van der Waals surface area contributed by atoms with Crippen molar-refractivity contribution in [3.05, 3.63) is 57.1 Å². The first-order chi connectivity index (χ1) is 11.0. The van der Waals surface area contributed by atoms with Gasteiger partial charge in [0.1, 0.15) is 11.5 Å². The molecule has 0 radical (unpaired) electrons. The zero-order chi connectivity index (χ0) is 16.6. The van der Waals surface area contributed by atoms with Gasteiger partial charge in [-0.25, -0.2) is 0 Å². The molecule has 0 unspecified atom stereocenters. The number of hydrogen-bond donors (Lipinski definition) is 1. The second-order valence-electron chi connectivity index (χ2n) is 5.71. The lowest BCUT2D eigenvalue weighted by atomic mass is 10.1. The molecule has 1 heterocycles. The minimum Gasteiger partial charge on any atom is -0.506 e. The third kappa shape index (κ3) is 2.93. The summed E-state index contributed by atoms with van der Waals surface area (Å²) in [5.41, 5.74) is 3.34. The van der Waals surface area contributed by atoms with Crippen molar-refractivity contribution in [2.24, 2.45) is 0 Å². The molecular weight excluding hydrogens is 358 g/mol. The summed E-state index contributed by atoms with van der Waals surface area (Å²) in [6.07, 6.45) is 0.768. The molecule has 1 N–H and O–H groups in total. The van der Waals surface area contributed by atoms with Gasteiger partial charge in [-0.05, 0) is 58.6 Å². The Hall–Kier alpha value is -2.01. The van der Waals surface area contributed by atoms with E-state index in [1.165, 1.54) is 0 Å². The highest BCUT2D eigenvalue weighted by Crippen LogP contribution is 2.38. The topological polar surface area (TPSA) is 49.8 Å². The fourth-order valence-electron chi connectivity index (χ4n) is 2.83. The standard InChI is InChI=1S/C18H18BrNO3/c1-11-9-14-15(17(21)16(11)19)10-20(18(14)22)8-7-12-3-5-13(23-2)6-4-12/h3-6,9,21H,7-8,10H2,1-2H3. The van der Waals surface area contributed by atoms with Gasteiger partial charge in [0, 0.05) is 17.7 Å². The number of aromatic hydroxyl groups is 1. The van der Waals surface area contributed by atoms with Gasteiger partial charge in [-0.15, -0.1) is 0 Å². The summed E-state index contributed by atoms with van der Waals surface area (Å²) < 4.78 is 5.81. The summed E-state index contributed by atoms with van der Waals surface area (Å²) in [4.78, 5) is 14.3. The Labute approximate surface area is 143 Å². The lowest BCUT2D eigenvalue weighted by Gasteiger charge is -2.15. The van der Waals surface area contributed by atoms with Gasteiger partial charge in [0.05, 0.1) is 18.1 Å². The molecule has 0 fully saturated rings. The second kappa shape index (κ2) is 6.24. The molecule has 0 aromatic heterocycles. The summed E-state index contributed by atoms with van der Waals surface area (Å²) in [6.45, 7) is 2.95. The summed E-state index contributed by atoms with van der Waals surface area (Å²) in [6, 6.07) is 9.69. The van der Waals surface area contributed by atoms with Crippen LogP contribution in [0.25, 0.3) is 0 Å². The summed E-state index contributed by atoms with van der Waals surface area (Å²) in [5, 5.41) is 10.2. The number of carbonyl (C=O) groups excluding carboxylic acids is 1. The number of benzene rings is 2. The number of halogens is 1. The van der Waals surface area contributed by atoms with Gasteiger partial charge in [0.15, 0.2) is 0 Å². The predicted molar refractivity (Wildman–Crippen MR) is 92.0 cm³/mol. The summed E-state index contributed by atoms with van der Waals surface area (Å²) in [5.74, 6) is 0.989. The Kier molecular flexibility index (Phi) is 4.31. The van der Waals surface area contributed by atoms with Crippen LogP contribution in [0.3, 0.4) is 0 Å². The average Bonchev–Trinajstić information content (AvgIpc) is 2.88. The highest BCUT2D eigenvalue weighted by molar-refractivity contribution is 9.10. The first-order valence-electron chi connectivity index (χ1n) is 7.44. The van der Waals surface area contributed by atoms with Crippen molar-refractivity contribution in [2.75, 3.05) is 13.7 Å². The lowest BCUT2D eigenvalue weighted by molar-refractivity contribution is 0.0780. The molecule has 120 valence electrons. The highest BCUT2D eigenvalue weighted by atomic mass is 79.9. The van der Waals surface area contributed by atoms with Crippen LogP contribution in [0.2, 0.25) is 0 Å². The van der Waals surface area contributed by atoms with E-state index in [0.29, 0.717) is 28.7 Å². The molecule has 0 saturated carbocycles. The minimum absolute atomic E-state index is 0.0144. The normalized spacial score (nSPS) is 13.3. The van der Waals surface area contributed by atoms with Crippen LogP contribution < -0.4 is 4.74 Å². The molecule has 0 saturated heterocycles. The van der Waals surface area contributed by atoms with Gasteiger partial charge >= 0.3 is 0 Å². The van der Waals surface area contributed by atoms with Crippen LogP contribution in [0.1, 0.15) is 27.0 Å². The number of hydrogen-bond acceptors (Lipinski definition) is 3. The van der Waals surface area contributed by atoms with Crippen molar-refractivity contribution in [3.8, 4) is 11.5 Å². The maximum absolute atomic E-state index is 12.5. The van der Waals surface area contributed by atoms with Crippen LogP contribution in [0.15, 0.2) is 34.8 Å². The SMILES string of the molecule is COc1ccc(CCN2Cc3c(cc(C)c(Br)c3O)C2=O)cc1. The van der Waals surface area contributed by atoms with Crippen LogP contribution in [0.4, 0.5) is 0 Å². The van der Waals surface area contributed by atoms with Gasteiger partial charge in [-0.2, -0.15) is 0 Å². The first-order valence-corrected chi connectivity index (χ1v) is 8.23. The Balaban J connectivity index is 1.73. The zero-order valence-corrected chi connectivity index (χ0v) is 14.7. The molecule has 23 heavy (non-hydrogen) atoms. The van der Waals surface area contributed by atoms with Gasteiger partial charge in [-0.1, -0.05) is 12.1 Å². The van der Waals surface area contributed by atoms with Crippen molar-refractivity contribution in [2.45, 2.75) is 19.9 Å². The van der Waals surface area contributed by atoms with Crippen LogP contribution in [-0.4, -0.2) is 29.6 Å². The molecule has 5 heteroatoms. The number of rotatable bonds is 4. The largest absolute Gasteiger partial charge is 0.506 e. The monoisotopic (exact) mass is 375 g/mol. The fourth-order valence-corrected chi connectivity index (χ4v) is 3.19. The second-order valence-corrected chi connectivity index (χ2v) is 6.50. The fraction of sp³-hybridized carbons (Fsp3) is 0.278. The van der Waals surface area contributed by atoms with Crippen LogP contribution in [0, 0.1) is 6.92 Å². The molecule has 0 bridgehead atoms. The number of fused-ring (bicyclic) bond motifs is 1. The number of ether oxygens (including phenoxy) is 1. The van der Waals surface area contributed by atoms with Crippen molar-refractivity contribution in [1.82, 2.24) is 4.90 Å². The van der Waals surface area contributed by atoms with E-state index in [-0.39, 0.29) is 11.7 Å². The molecule has 1 aliphatic heterocycles. The van der Waals surface area contributed by atoms with Crippen molar-refractivity contribution in [1.29, 1.82) is 0 Å². The van der Waals surface area contributed by atoms with Crippen LogP contribution >= 0.6 is 15.9 Å². The number of methoxy groups -OCH3 is 1. The molecular formula is C18H18BrNO3. The maximum atomic E-state index is 12.5. The molecule has 2 aromatic carbocycles. The number of phenols is 1. The molecule has 0 spiro atoms. The minimum atomic E-state index is -0.0144. The van der Waals surface area contributed by atoms with Crippen LogP contribution in [0.5, 0.6) is 11.5 Å². The molecule has 0 aliphatic carbocycles. The number of phenolic OH excluding ortho intramolecular Hbond substituents is 1. The number of aryl methyl sites for hydroxylation is 1. The molecule has 1 aliphatic rings. The van der Waals surface area contributed by atoms with E-state index in [2.05, 4.69) is 15.9 Å². The van der Waals surface area contributed by atoms with E-state index in [0.717, 1.165) is 23.3 Å². The van der Waals surface area contributed by atoms with E-state index in [9.17, 15) is 9.90 Å². The quantitative estimate of drug-likeness (QED) is 0.886. The van der Waals surface area contributed by atoms with E-state index < -0.39 is 0 Å². The third-order valence-electron chi connectivity index (χ3n) is 4.22. The van der Waals surface area contributed by atoms with E-state index >= 15 is 0 Å². The number of amides is 1.